The molecule has 1 saturated heterocycles. The molecule has 0 N–H and O–H groups in total. The van der Waals surface area contributed by atoms with Gasteiger partial charge in [0.15, 0.2) is 6.23 Å². The number of Topliss-reactive ketones (excluding diaryl/α,β-unsaturated/α-hetero) is 1. The smallest absolute Gasteiger partial charge is 0.413 e. The van der Waals surface area contributed by atoms with Crippen molar-refractivity contribution in [3.63, 3.8) is 0 Å². The third-order valence-electron chi connectivity index (χ3n) is 4.42. The van der Waals surface area contributed by atoms with Crippen molar-refractivity contribution in [2.75, 3.05) is 0 Å². The molecule has 5 heteroatoms. The molecule has 1 amide bonds. The molecule has 3 atom stereocenters. The van der Waals surface area contributed by atoms with Crippen LogP contribution >= 0.6 is 0 Å². The Morgan fingerprint density at radius 2 is 1.52 bits per heavy atom. The Hall–Kier alpha value is -2.66. The van der Waals surface area contributed by atoms with Gasteiger partial charge in [0.1, 0.15) is 11.7 Å². The quantitative estimate of drug-likeness (QED) is 0.745. The zero-order chi connectivity index (χ0) is 19.6. The first-order chi connectivity index (χ1) is 12.8. The standard InChI is InChI=1S/C22H25NO4/c1-15-19(17-13-9-6-10-14-17)26-20(18(24)16-11-7-5-8-12-16)23(15)21(25)27-22(2,3)4/h5-15,19-20H,1-4H3/t15-,19-,20-/m0/s1. The highest BCUT2D eigenvalue weighted by Crippen LogP contribution is 2.37. The summed E-state index contributed by atoms with van der Waals surface area (Å²) in [5.74, 6) is -0.258. The van der Waals surface area contributed by atoms with Crippen molar-refractivity contribution in [3.8, 4) is 0 Å². The van der Waals surface area contributed by atoms with Crippen LogP contribution in [0.25, 0.3) is 0 Å². The first-order valence-electron chi connectivity index (χ1n) is 9.09. The van der Waals surface area contributed by atoms with Gasteiger partial charge in [-0.05, 0) is 33.3 Å². The average Bonchev–Trinajstić information content (AvgIpc) is 2.98. The van der Waals surface area contributed by atoms with E-state index in [4.69, 9.17) is 9.47 Å². The van der Waals surface area contributed by atoms with Gasteiger partial charge in [0, 0.05) is 5.56 Å². The van der Waals surface area contributed by atoms with Crippen LogP contribution in [-0.4, -0.2) is 34.6 Å². The van der Waals surface area contributed by atoms with Gasteiger partial charge in [0.25, 0.3) is 0 Å². The molecule has 0 bridgehead atoms. The minimum Gasteiger partial charge on any atom is -0.444 e. The second-order valence-electron chi connectivity index (χ2n) is 7.68. The van der Waals surface area contributed by atoms with Gasteiger partial charge in [-0.2, -0.15) is 0 Å². The Kier molecular flexibility index (Phi) is 5.33. The summed E-state index contributed by atoms with van der Waals surface area (Å²) in [6.07, 6.45) is -1.98. The maximum absolute atomic E-state index is 13.1. The Morgan fingerprint density at radius 1 is 0.963 bits per heavy atom. The lowest BCUT2D eigenvalue weighted by atomic mass is 10.0. The monoisotopic (exact) mass is 367 g/mol. The van der Waals surface area contributed by atoms with Crippen molar-refractivity contribution < 1.29 is 19.1 Å². The van der Waals surface area contributed by atoms with E-state index in [2.05, 4.69) is 0 Å². The highest BCUT2D eigenvalue weighted by atomic mass is 16.6. The van der Waals surface area contributed by atoms with E-state index >= 15 is 0 Å². The van der Waals surface area contributed by atoms with E-state index in [9.17, 15) is 9.59 Å². The lowest BCUT2D eigenvalue weighted by Crippen LogP contribution is -2.47. The van der Waals surface area contributed by atoms with Gasteiger partial charge in [0.2, 0.25) is 5.78 Å². The molecule has 0 radical (unpaired) electrons. The first-order valence-corrected chi connectivity index (χ1v) is 9.09. The Labute approximate surface area is 159 Å². The number of ether oxygens (including phenoxy) is 2. The summed E-state index contributed by atoms with van der Waals surface area (Å²) in [4.78, 5) is 27.4. The number of amides is 1. The maximum Gasteiger partial charge on any atom is 0.413 e. The summed E-state index contributed by atoms with van der Waals surface area (Å²) in [6, 6.07) is 18.1. The number of nitrogens with zero attached hydrogens (tertiary/aromatic N) is 1. The van der Waals surface area contributed by atoms with Crippen molar-refractivity contribution in [2.24, 2.45) is 0 Å². The summed E-state index contributed by atoms with van der Waals surface area (Å²) in [5, 5.41) is 0. The number of benzene rings is 2. The number of carbonyl (C=O) groups is 2. The van der Waals surface area contributed by atoms with E-state index in [0.29, 0.717) is 5.56 Å². The molecule has 1 fully saturated rings. The Morgan fingerprint density at radius 3 is 2.07 bits per heavy atom. The lowest BCUT2D eigenvalue weighted by Gasteiger charge is -2.29. The molecule has 0 aliphatic carbocycles. The van der Waals surface area contributed by atoms with Crippen LogP contribution in [0, 0.1) is 0 Å². The molecule has 27 heavy (non-hydrogen) atoms. The highest BCUT2D eigenvalue weighted by Gasteiger charge is 2.48. The van der Waals surface area contributed by atoms with Gasteiger partial charge in [-0.3, -0.25) is 9.69 Å². The van der Waals surface area contributed by atoms with Crippen molar-refractivity contribution in [1.82, 2.24) is 4.90 Å². The number of ketones is 1. The fourth-order valence-electron chi connectivity index (χ4n) is 3.19. The summed E-state index contributed by atoms with van der Waals surface area (Å²) in [6.45, 7) is 7.28. The van der Waals surface area contributed by atoms with Crippen molar-refractivity contribution in [2.45, 2.75) is 51.7 Å². The Balaban J connectivity index is 1.94. The lowest BCUT2D eigenvalue weighted by molar-refractivity contribution is -0.0138. The minimum absolute atomic E-state index is 0.258. The van der Waals surface area contributed by atoms with Crippen LogP contribution in [0.15, 0.2) is 60.7 Å². The molecule has 0 unspecified atom stereocenters. The van der Waals surface area contributed by atoms with Crippen molar-refractivity contribution in [1.29, 1.82) is 0 Å². The molecule has 0 spiro atoms. The molecule has 1 heterocycles. The van der Waals surface area contributed by atoms with E-state index < -0.39 is 24.0 Å². The largest absolute Gasteiger partial charge is 0.444 e. The van der Waals surface area contributed by atoms with Crippen LogP contribution in [0.3, 0.4) is 0 Å². The maximum atomic E-state index is 13.1. The molecule has 142 valence electrons. The molecular weight excluding hydrogens is 342 g/mol. The predicted octanol–water partition coefficient (Wildman–Crippen LogP) is 4.59. The SMILES string of the molecule is C[C@H]1[C@@H](c2ccccc2)O[C@@H](C(=O)c2ccccc2)N1C(=O)OC(C)(C)C. The second-order valence-corrected chi connectivity index (χ2v) is 7.68. The van der Waals surface area contributed by atoms with E-state index in [1.54, 1.807) is 45.0 Å². The summed E-state index contributed by atoms with van der Waals surface area (Å²) >= 11 is 0. The Bertz CT molecular complexity index is 798. The molecular formula is C22H25NO4. The first kappa shape index (κ1) is 19.1. The molecule has 2 aromatic rings. The van der Waals surface area contributed by atoms with Crippen molar-refractivity contribution >= 4 is 11.9 Å². The molecule has 1 aliphatic rings. The third kappa shape index (κ3) is 4.19. The number of hydrogen-bond acceptors (Lipinski definition) is 4. The summed E-state index contributed by atoms with van der Waals surface area (Å²) in [5.41, 5.74) is 0.751. The van der Waals surface area contributed by atoms with E-state index in [0.717, 1.165) is 5.56 Å². The molecule has 1 aliphatic heterocycles. The van der Waals surface area contributed by atoms with Crippen molar-refractivity contribution in [3.05, 3.63) is 71.8 Å². The minimum atomic E-state index is -1.03. The van der Waals surface area contributed by atoms with E-state index in [1.807, 2.05) is 43.3 Å². The molecule has 0 aromatic heterocycles. The van der Waals surface area contributed by atoms with Crippen LogP contribution in [0.4, 0.5) is 4.79 Å². The van der Waals surface area contributed by atoms with Gasteiger partial charge < -0.3 is 9.47 Å². The van der Waals surface area contributed by atoms with Crippen LogP contribution in [0.1, 0.15) is 49.7 Å². The molecule has 0 saturated carbocycles. The predicted molar refractivity (Wildman–Crippen MR) is 102 cm³/mol. The van der Waals surface area contributed by atoms with E-state index in [-0.39, 0.29) is 11.8 Å². The molecule has 5 nitrogen and oxygen atoms in total. The van der Waals surface area contributed by atoms with Crippen LogP contribution in [0.2, 0.25) is 0 Å². The average molecular weight is 367 g/mol. The van der Waals surface area contributed by atoms with Gasteiger partial charge in [-0.1, -0.05) is 60.7 Å². The normalized spacial score (nSPS) is 22.5. The number of hydrogen-bond donors (Lipinski definition) is 0. The molecule has 3 rings (SSSR count). The third-order valence-corrected chi connectivity index (χ3v) is 4.42. The van der Waals surface area contributed by atoms with E-state index in [1.165, 1.54) is 4.90 Å². The van der Waals surface area contributed by atoms with Gasteiger partial charge in [-0.15, -0.1) is 0 Å². The zero-order valence-corrected chi connectivity index (χ0v) is 16.1. The zero-order valence-electron chi connectivity index (χ0n) is 16.1. The van der Waals surface area contributed by atoms with Gasteiger partial charge >= 0.3 is 6.09 Å². The fraction of sp³-hybridized carbons (Fsp3) is 0.364. The fourth-order valence-corrected chi connectivity index (χ4v) is 3.19. The highest BCUT2D eigenvalue weighted by molar-refractivity contribution is 6.00. The summed E-state index contributed by atoms with van der Waals surface area (Å²) < 4.78 is 11.6. The number of carbonyl (C=O) groups excluding carboxylic acids is 2. The number of rotatable bonds is 3. The van der Waals surface area contributed by atoms with Crippen LogP contribution < -0.4 is 0 Å². The second kappa shape index (κ2) is 7.53. The summed E-state index contributed by atoms with van der Waals surface area (Å²) in [7, 11) is 0. The topological polar surface area (TPSA) is 55.8 Å². The van der Waals surface area contributed by atoms with Crippen LogP contribution in [0.5, 0.6) is 0 Å². The van der Waals surface area contributed by atoms with Gasteiger partial charge in [0.05, 0.1) is 6.04 Å². The van der Waals surface area contributed by atoms with Gasteiger partial charge in [-0.25, -0.2) is 4.79 Å². The molecule has 2 aromatic carbocycles. The van der Waals surface area contributed by atoms with Crippen LogP contribution in [-0.2, 0) is 9.47 Å².